The minimum atomic E-state index is -0.697. The lowest BCUT2D eigenvalue weighted by atomic mass is 10.1. The number of hydrogen-bond donors (Lipinski definition) is 1. The third-order valence-electron chi connectivity index (χ3n) is 3.73. The Balaban J connectivity index is 1.50. The smallest absolute Gasteiger partial charge is 0.266 e. The van der Waals surface area contributed by atoms with Crippen LogP contribution < -0.4 is 20.3 Å². The zero-order chi connectivity index (χ0) is 16.9. The normalized spacial score (nSPS) is 18.9. The fourth-order valence-electron chi connectivity index (χ4n) is 2.50. The van der Waals surface area contributed by atoms with Crippen LogP contribution in [0.1, 0.15) is 13.3 Å². The van der Waals surface area contributed by atoms with Crippen LogP contribution in [0.15, 0.2) is 47.4 Å². The number of aryl methyl sites for hydroxylation is 1. The van der Waals surface area contributed by atoms with Crippen LogP contribution >= 0.6 is 0 Å². The first-order valence-electron chi connectivity index (χ1n) is 7.87. The lowest BCUT2D eigenvalue weighted by molar-refractivity contribution is -0.133. The van der Waals surface area contributed by atoms with Crippen molar-refractivity contribution in [2.75, 3.05) is 6.54 Å². The predicted molar refractivity (Wildman–Crippen MR) is 87.1 cm³/mol. The second-order valence-electron chi connectivity index (χ2n) is 5.54. The molecule has 0 spiro atoms. The molecule has 0 radical (unpaired) electrons. The van der Waals surface area contributed by atoms with E-state index in [-0.39, 0.29) is 17.6 Å². The monoisotopic (exact) mass is 329 g/mol. The Kier molecular flexibility index (Phi) is 4.79. The molecular weight excluding hydrogens is 310 g/mol. The SMILES string of the molecule is CC1Oc2ccccc2OC1C(=O)NCCCn1ncccc1=O. The summed E-state index contributed by atoms with van der Waals surface area (Å²) in [6.45, 7) is 2.67. The van der Waals surface area contributed by atoms with Gasteiger partial charge in [-0.2, -0.15) is 5.10 Å². The number of nitrogens with zero attached hydrogens (tertiary/aromatic N) is 2. The van der Waals surface area contributed by atoms with Crippen molar-refractivity contribution in [2.45, 2.75) is 32.1 Å². The number of rotatable bonds is 5. The number of amides is 1. The topological polar surface area (TPSA) is 82.4 Å². The van der Waals surface area contributed by atoms with Gasteiger partial charge in [0.15, 0.2) is 11.5 Å². The van der Waals surface area contributed by atoms with Crippen molar-refractivity contribution < 1.29 is 14.3 Å². The summed E-state index contributed by atoms with van der Waals surface area (Å²) in [4.78, 5) is 23.8. The number of carbonyl (C=O) groups excluding carboxylic acids is 1. The molecule has 7 heteroatoms. The number of fused-ring (bicyclic) bond motifs is 1. The number of aromatic nitrogens is 2. The summed E-state index contributed by atoms with van der Waals surface area (Å²) < 4.78 is 12.8. The molecule has 24 heavy (non-hydrogen) atoms. The molecule has 1 aromatic carbocycles. The molecule has 1 aliphatic rings. The fraction of sp³-hybridized carbons (Fsp3) is 0.353. The minimum absolute atomic E-state index is 0.155. The molecule has 2 unspecified atom stereocenters. The summed E-state index contributed by atoms with van der Waals surface area (Å²) in [5, 5.41) is 6.78. The van der Waals surface area contributed by atoms with Gasteiger partial charge in [-0.15, -0.1) is 0 Å². The number of hydrogen-bond acceptors (Lipinski definition) is 5. The highest BCUT2D eigenvalue weighted by Gasteiger charge is 2.33. The van der Waals surface area contributed by atoms with Crippen molar-refractivity contribution in [3.05, 3.63) is 52.9 Å². The van der Waals surface area contributed by atoms with Crippen LogP contribution in [-0.2, 0) is 11.3 Å². The van der Waals surface area contributed by atoms with E-state index in [2.05, 4.69) is 10.4 Å². The highest BCUT2D eigenvalue weighted by atomic mass is 16.6. The molecular formula is C17H19N3O4. The molecule has 1 amide bonds. The third kappa shape index (κ3) is 3.56. The van der Waals surface area contributed by atoms with Gasteiger partial charge in [0.05, 0.1) is 0 Å². The Morgan fingerprint density at radius 2 is 1.96 bits per heavy atom. The summed E-state index contributed by atoms with van der Waals surface area (Å²) in [5.74, 6) is 0.977. The number of ether oxygens (including phenoxy) is 2. The van der Waals surface area contributed by atoms with E-state index in [1.165, 1.54) is 10.7 Å². The second-order valence-corrected chi connectivity index (χ2v) is 5.54. The molecule has 126 valence electrons. The van der Waals surface area contributed by atoms with Crippen LogP contribution in [0.4, 0.5) is 0 Å². The Hall–Kier alpha value is -2.83. The van der Waals surface area contributed by atoms with Crippen molar-refractivity contribution in [1.29, 1.82) is 0 Å². The van der Waals surface area contributed by atoms with Crippen LogP contribution in [0.5, 0.6) is 11.5 Å². The lowest BCUT2D eigenvalue weighted by Gasteiger charge is -2.31. The zero-order valence-electron chi connectivity index (χ0n) is 13.3. The van der Waals surface area contributed by atoms with Crippen molar-refractivity contribution >= 4 is 5.91 Å². The minimum Gasteiger partial charge on any atom is -0.482 e. The molecule has 0 bridgehead atoms. The highest BCUT2D eigenvalue weighted by Crippen LogP contribution is 2.33. The first kappa shape index (κ1) is 16.0. The van der Waals surface area contributed by atoms with Crippen LogP contribution in [0.3, 0.4) is 0 Å². The Bertz CT molecular complexity index is 774. The first-order chi connectivity index (χ1) is 11.6. The average molecular weight is 329 g/mol. The maximum atomic E-state index is 12.3. The number of carbonyl (C=O) groups is 1. The number of benzene rings is 1. The van der Waals surface area contributed by atoms with E-state index in [1.54, 1.807) is 25.3 Å². The summed E-state index contributed by atoms with van der Waals surface area (Å²) in [5.41, 5.74) is -0.155. The van der Waals surface area contributed by atoms with E-state index in [9.17, 15) is 9.59 Å². The van der Waals surface area contributed by atoms with Gasteiger partial charge in [-0.25, -0.2) is 4.68 Å². The van der Waals surface area contributed by atoms with Crippen LogP contribution in [0.25, 0.3) is 0 Å². The molecule has 2 heterocycles. The van der Waals surface area contributed by atoms with Gasteiger partial charge in [0.1, 0.15) is 6.10 Å². The first-order valence-corrected chi connectivity index (χ1v) is 7.87. The van der Waals surface area contributed by atoms with Gasteiger partial charge in [0.2, 0.25) is 6.10 Å². The molecule has 0 aliphatic carbocycles. The largest absolute Gasteiger partial charge is 0.482 e. The van der Waals surface area contributed by atoms with E-state index >= 15 is 0 Å². The van der Waals surface area contributed by atoms with Crippen LogP contribution in [-0.4, -0.2) is 34.4 Å². The molecule has 0 fully saturated rings. The van der Waals surface area contributed by atoms with Gasteiger partial charge in [-0.05, 0) is 31.5 Å². The van der Waals surface area contributed by atoms with Gasteiger partial charge in [0.25, 0.3) is 11.5 Å². The van der Waals surface area contributed by atoms with E-state index < -0.39 is 6.10 Å². The summed E-state index contributed by atoms with van der Waals surface area (Å²) in [6, 6.07) is 10.3. The maximum Gasteiger partial charge on any atom is 0.266 e. The van der Waals surface area contributed by atoms with Crippen molar-refractivity contribution in [3.63, 3.8) is 0 Å². The van der Waals surface area contributed by atoms with Crippen LogP contribution in [0.2, 0.25) is 0 Å². The Labute approximate surface area is 139 Å². The van der Waals surface area contributed by atoms with E-state index in [4.69, 9.17) is 9.47 Å². The zero-order valence-corrected chi connectivity index (χ0v) is 13.3. The Morgan fingerprint density at radius 1 is 1.21 bits per heavy atom. The molecule has 0 saturated carbocycles. The standard InChI is InChI=1S/C17H19N3O4/c1-12-16(24-14-7-3-2-6-13(14)23-12)17(22)18-9-5-11-20-15(21)8-4-10-19-20/h2-4,6-8,10,12,16H,5,9,11H2,1H3,(H,18,22). The summed E-state index contributed by atoms with van der Waals surface area (Å²) >= 11 is 0. The molecule has 2 atom stereocenters. The molecule has 3 rings (SSSR count). The van der Waals surface area contributed by atoms with E-state index in [0.29, 0.717) is 31.0 Å². The molecule has 1 N–H and O–H groups in total. The van der Waals surface area contributed by atoms with Crippen LogP contribution in [0, 0.1) is 0 Å². The number of nitrogens with one attached hydrogen (secondary N) is 1. The van der Waals surface area contributed by atoms with E-state index in [0.717, 1.165) is 0 Å². The molecule has 7 nitrogen and oxygen atoms in total. The second kappa shape index (κ2) is 7.16. The van der Waals surface area contributed by atoms with Gasteiger partial charge in [0, 0.05) is 25.4 Å². The van der Waals surface area contributed by atoms with Gasteiger partial charge < -0.3 is 14.8 Å². The van der Waals surface area contributed by atoms with Gasteiger partial charge >= 0.3 is 0 Å². The third-order valence-corrected chi connectivity index (χ3v) is 3.73. The van der Waals surface area contributed by atoms with Gasteiger partial charge in [-0.1, -0.05) is 12.1 Å². The van der Waals surface area contributed by atoms with Gasteiger partial charge in [-0.3, -0.25) is 9.59 Å². The molecule has 1 aliphatic heterocycles. The predicted octanol–water partition coefficient (Wildman–Crippen LogP) is 0.978. The average Bonchev–Trinajstić information content (AvgIpc) is 2.59. The molecule has 1 aromatic heterocycles. The van der Waals surface area contributed by atoms with E-state index in [1.807, 2.05) is 18.2 Å². The summed E-state index contributed by atoms with van der Waals surface area (Å²) in [6.07, 6.45) is 1.09. The van der Waals surface area contributed by atoms with Crippen molar-refractivity contribution in [3.8, 4) is 11.5 Å². The lowest BCUT2D eigenvalue weighted by Crippen LogP contribution is -2.49. The van der Waals surface area contributed by atoms with Crippen molar-refractivity contribution in [1.82, 2.24) is 15.1 Å². The summed E-state index contributed by atoms with van der Waals surface area (Å²) in [7, 11) is 0. The molecule has 0 saturated heterocycles. The Morgan fingerprint density at radius 3 is 2.71 bits per heavy atom. The number of para-hydroxylation sites is 2. The fourth-order valence-corrected chi connectivity index (χ4v) is 2.50. The molecule has 2 aromatic rings. The maximum absolute atomic E-state index is 12.3. The highest BCUT2D eigenvalue weighted by molar-refractivity contribution is 5.82. The quantitative estimate of drug-likeness (QED) is 0.827. The van der Waals surface area contributed by atoms with Crippen molar-refractivity contribution in [2.24, 2.45) is 0 Å².